The molecule has 2 heterocycles. The van der Waals surface area contributed by atoms with Gasteiger partial charge in [-0.15, -0.1) is 5.10 Å². The zero-order valence-corrected chi connectivity index (χ0v) is 11.0. The molecule has 0 aliphatic carbocycles. The van der Waals surface area contributed by atoms with E-state index in [0.717, 1.165) is 30.1 Å². The summed E-state index contributed by atoms with van der Waals surface area (Å²) in [6.07, 6.45) is 2.70. The van der Waals surface area contributed by atoms with Gasteiger partial charge in [-0.05, 0) is 13.0 Å². The number of pyridine rings is 1. The van der Waals surface area contributed by atoms with Crippen molar-refractivity contribution < 1.29 is 5.11 Å². The van der Waals surface area contributed by atoms with E-state index in [2.05, 4.69) is 15.1 Å². The van der Waals surface area contributed by atoms with Crippen LogP contribution in [-0.2, 0) is 12.8 Å². The normalized spacial score (nSPS) is 12.7. The van der Waals surface area contributed by atoms with Gasteiger partial charge < -0.3 is 5.11 Å². The number of aryl methyl sites for hydroxylation is 2. The zero-order chi connectivity index (χ0) is 13.1. The van der Waals surface area contributed by atoms with Gasteiger partial charge in [-0.1, -0.05) is 19.9 Å². The van der Waals surface area contributed by atoms with E-state index in [9.17, 15) is 5.11 Å². The molecule has 5 heteroatoms. The summed E-state index contributed by atoms with van der Waals surface area (Å²) < 4.78 is 1.74. The number of hydrogen-bond donors (Lipinski definition) is 1. The van der Waals surface area contributed by atoms with Crippen LogP contribution in [0.2, 0.25) is 0 Å². The summed E-state index contributed by atoms with van der Waals surface area (Å²) in [6, 6.07) is 3.68. The van der Waals surface area contributed by atoms with Crippen molar-refractivity contribution in [3.63, 3.8) is 0 Å². The van der Waals surface area contributed by atoms with Crippen molar-refractivity contribution >= 4 is 0 Å². The molecule has 0 spiro atoms. The lowest BCUT2D eigenvalue weighted by molar-refractivity contribution is 0.198. The second-order valence-electron chi connectivity index (χ2n) is 4.16. The minimum Gasteiger partial charge on any atom is -0.389 e. The van der Waals surface area contributed by atoms with E-state index in [1.807, 2.05) is 26.0 Å². The number of hydrogen-bond acceptors (Lipinski definition) is 4. The molecule has 2 aromatic rings. The van der Waals surface area contributed by atoms with E-state index >= 15 is 0 Å². The number of aliphatic hydroxyl groups is 1. The van der Waals surface area contributed by atoms with Crippen molar-refractivity contribution in [1.82, 2.24) is 19.7 Å². The second-order valence-corrected chi connectivity index (χ2v) is 4.16. The van der Waals surface area contributed by atoms with Crippen LogP contribution in [0.1, 0.15) is 44.1 Å². The van der Waals surface area contributed by atoms with Gasteiger partial charge in [-0.3, -0.25) is 0 Å². The summed E-state index contributed by atoms with van der Waals surface area (Å²) >= 11 is 0. The molecule has 0 aliphatic heterocycles. The lowest BCUT2D eigenvalue weighted by Crippen LogP contribution is -2.09. The smallest absolute Gasteiger partial charge is 0.161 e. The standard InChI is InChI=1S/C13H18N4O/c1-4-11-15-12(5-2)17(16-11)13-10(9(3)18)7-6-8-14-13/h6-9,18H,4-5H2,1-3H3/t9-/m0/s1. The fourth-order valence-corrected chi connectivity index (χ4v) is 1.85. The molecular formula is C13H18N4O. The van der Waals surface area contributed by atoms with Crippen molar-refractivity contribution in [3.05, 3.63) is 35.5 Å². The maximum Gasteiger partial charge on any atom is 0.161 e. The van der Waals surface area contributed by atoms with Crippen molar-refractivity contribution in [2.24, 2.45) is 0 Å². The largest absolute Gasteiger partial charge is 0.389 e. The minimum atomic E-state index is -0.576. The molecule has 0 fully saturated rings. The molecule has 0 amide bonds. The number of aliphatic hydroxyl groups excluding tert-OH is 1. The van der Waals surface area contributed by atoms with Gasteiger partial charge in [-0.2, -0.15) is 4.68 Å². The first-order chi connectivity index (χ1) is 8.67. The number of aromatic nitrogens is 4. The van der Waals surface area contributed by atoms with Gasteiger partial charge in [0.2, 0.25) is 0 Å². The Balaban J connectivity index is 2.57. The molecule has 18 heavy (non-hydrogen) atoms. The highest BCUT2D eigenvalue weighted by Crippen LogP contribution is 2.19. The Morgan fingerprint density at radius 3 is 2.72 bits per heavy atom. The maximum absolute atomic E-state index is 9.79. The first kappa shape index (κ1) is 12.7. The van der Waals surface area contributed by atoms with E-state index in [0.29, 0.717) is 5.82 Å². The molecule has 0 aromatic carbocycles. The van der Waals surface area contributed by atoms with Crippen LogP contribution in [-0.4, -0.2) is 24.9 Å². The van der Waals surface area contributed by atoms with Gasteiger partial charge in [0.15, 0.2) is 11.6 Å². The van der Waals surface area contributed by atoms with Gasteiger partial charge in [0, 0.05) is 24.6 Å². The van der Waals surface area contributed by atoms with Crippen molar-refractivity contribution in [2.45, 2.75) is 39.7 Å². The molecule has 96 valence electrons. The van der Waals surface area contributed by atoms with E-state index in [-0.39, 0.29) is 0 Å². The Kier molecular flexibility index (Phi) is 3.72. The van der Waals surface area contributed by atoms with Crippen LogP contribution in [0, 0.1) is 0 Å². The van der Waals surface area contributed by atoms with Crippen LogP contribution in [0.5, 0.6) is 0 Å². The molecule has 0 saturated heterocycles. The fraction of sp³-hybridized carbons (Fsp3) is 0.462. The Bertz CT molecular complexity index is 534. The minimum absolute atomic E-state index is 0.576. The first-order valence-electron chi connectivity index (χ1n) is 6.25. The highest BCUT2D eigenvalue weighted by atomic mass is 16.3. The Labute approximate surface area is 107 Å². The molecule has 0 aliphatic rings. The van der Waals surface area contributed by atoms with Crippen LogP contribution in [0.25, 0.3) is 5.82 Å². The molecule has 0 bridgehead atoms. The fourth-order valence-electron chi connectivity index (χ4n) is 1.85. The monoisotopic (exact) mass is 246 g/mol. The molecule has 0 unspecified atom stereocenters. The third-order valence-electron chi connectivity index (χ3n) is 2.82. The molecule has 2 rings (SSSR count). The predicted octanol–water partition coefficient (Wildman–Crippen LogP) is 1.84. The zero-order valence-electron chi connectivity index (χ0n) is 11.0. The Morgan fingerprint density at radius 1 is 1.33 bits per heavy atom. The van der Waals surface area contributed by atoms with Crippen molar-refractivity contribution in [1.29, 1.82) is 0 Å². The third kappa shape index (κ3) is 2.26. The summed E-state index contributed by atoms with van der Waals surface area (Å²) in [5.41, 5.74) is 0.764. The molecule has 2 aromatic heterocycles. The maximum atomic E-state index is 9.79. The van der Waals surface area contributed by atoms with Crippen LogP contribution >= 0.6 is 0 Å². The molecule has 5 nitrogen and oxygen atoms in total. The van der Waals surface area contributed by atoms with E-state index < -0.39 is 6.10 Å². The van der Waals surface area contributed by atoms with Gasteiger partial charge in [0.1, 0.15) is 5.82 Å². The Hall–Kier alpha value is -1.75. The first-order valence-corrected chi connectivity index (χ1v) is 6.25. The van der Waals surface area contributed by atoms with Crippen LogP contribution < -0.4 is 0 Å². The summed E-state index contributed by atoms with van der Waals surface area (Å²) in [5, 5.41) is 14.2. The summed E-state index contributed by atoms with van der Waals surface area (Å²) in [4.78, 5) is 8.78. The number of rotatable bonds is 4. The van der Waals surface area contributed by atoms with E-state index in [1.54, 1.807) is 17.8 Å². The predicted molar refractivity (Wildman–Crippen MR) is 68.5 cm³/mol. The molecule has 1 atom stereocenters. The SMILES string of the molecule is CCc1nc(CC)n(-c2ncccc2[C@H](C)O)n1. The highest BCUT2D eigenvalue weighted by Gasteiger charge is 2.15. The van der Waals surface area contributed by atoms with Gasteiger partial charge in [0.05, 0.1) is 6.10 Å². The molecule has 0 radical (unpaired) electrons. The van der Waals surface area contributed by atoms with Gasteiger partial charge >= 0.3 is 0 Å². The van der Waals surface area contributed by atoms with Crippen LogP contribution in [0.15, 0.2) is 18.3 Å². The van der Waals surface area contributed by atoms with E-state index in [4.69, 9.17) is 0 Å². The average Bonchev–Trinajstić information content (AvgIpc) is 2.81. The van der Waals surface area contributed by atoms with Gasteiger partial charge in [0.25, 0.3) is 0 Å². The quantitative estimate of drug-likeness (QED) is 0.894. The lowest BCUT2D eigenvalue weighted by atomic mass is 10.1. The summed E-state index contributed by atoms with van der Waals surface area (Å²) in [5.74, 6) is 2.33. The topological polar surface area (TPSA) is 63.8 Å². The highest BCUT2D eigenvalue weighted by molar-refractivity contribution is 5.35. The van der Waals surface area contributed by atoms with Gasteiger partial charge in [-0.25, -0.2) is 9.97 Å². The third-order valence-corrected chi connectivity index (χ3v) is 2.82. The lowest BCUT2D eigenvalue weighted by Gasteiger charge is -2.11. The van der Waals surface area contributed by atoms with Crippen LogP contribution in [0.4, 0.5) is 0 Å². The molecular weight excluding hydrogens is 228 g/mol. The molecule has 1 N–H and O–H groups in total. The van der Waals surface area contributed by atoms with Crippen molar-refractivity contribution in [3.8, 4) is 5.82 Å². The second kappa shape index (κ2) is 5.27. The summed E-state index contributed by atoms with van der Waals surface area (Å²) in [7, 11) is 0. The Morgan fingerprint density at radius 2 is 2.11 bits per heavy atom. The van der Waals surface area contributed by atoms with Crippen molar-refractivity contribution in [2.75, 3.05) is 0 Å². The average molecular weight is 246 g/mol. The molecule has 0 saturated carbocycles. The van der Waals surface area contributed by atoms with E-state index in [1.165, 1.54) is 0 Å². The van der Waals surface area contributed by atoms with Crippen LogP contribution in [0.3, 0.4) is 0 Å². The number of nitrogens with zero attached hydrogens (tertiary/aromatic N) is 4. The summed E-state index contributed by atoms with van der Waals surface area (Å²) in [6.45, 7) is 5.78.